The molecular formula is C13H27NO. The molecule has 15 heavy (non-hydrogen) atoms. The van der Waals surface area contributed by atoms with Crippen molar-refractivity contribution in [3.8, 4) is 0 Å². The lowest BCUT2D eigenvalue weighted by Gasteiger charge is -2.31. The highest BCUT2D eigenvalue weighted by Gasteiger charge is 2.33. The van der Waals surface area contributed by atoms with Gasteiger partial charge in [-0.1, -0.05) is 26.7 Å². The summed E-state index contributed by atoms with van der Waals surface area (Å²) in [6, 6.07) is 0. The number of rotatable bonds is 7. The Morgan fingerprint density at radius 2 is 1.93 bits per heavy atom. The van der Waals surface area contributed by atoms with Gasteiger partial charge in [-0.25, -0.2) is 0 Å². The molecule has 0 bridgehead atoms. The van der Waals surface area contributed by atoms with Gasteiger partial charge in [0.25, 0.3) is 0 Å². The molecule has 0 aromatic heterocycles. The van der Waals surface area contributed by atoms with Crippen LogP contribution in [0.4, 0.5) is 0 Å². The average molecular weight is 213 g/mol. The first kappa shape index (κ1) is 13.0. The summed E-state index contributed by atoms with van der Waals surface area (Å²) in [5, 5.41) is 3.55. The van der Waals surface area contributed by atoms with Gasteiger partial charge in [0.15, 0.2) is 0 Å². The maximum absolute atomic E-state index is 5.06. The lowest BCUT2D eigenvalue weighted by atomic mass is 9.78. The minimum atomic E-state index is 0.599. The van der Waals surface area contributed by atoms with Gasteiger partial charge < -0.3 is 10.1 Å². The molecule has 1 fully saturated rings. The van der Waals surface area contributed by atoms with Crippen LogP contribution in [0.15, 0.2) is 0 Å². The quantitative estimate of drug-likeness (QED) is 0.657. The maximum Gasteiger partial charge on any atom is 0.0587 e. The molecule has 1 rings (SSSR count). The summed E-state index contributed by atoms with van der Waals surface area (Å²) in [5.74, 6) is 0.826. The van der Waals surface area contributed by atoms with E-state index in [1.54, 1.807) is 7.11 Å². The molecule has 0 unspecified atom stereocenters. The molecule has 0 amide bonds. The van der Waals surface area contributed by atoms with E-state index in [1.807, 2.05) is 0 Å². The second kappa shape index (κ2) is 6.49. The largest absolute Gasteiger partial charge is 0.383 e. The van der Waals surface area contributed by atoms with Crippen molar-refractivity contribution in [2.75, 3.05) is 26.8 Å². The fourth-order valence-corrected chi connectivity index (χ4v) is 2.97. The molecule has 0 aromatic carbocycles. The SMILES string of the molecule is COCCNCC1(CC(C)C)CCCC1. The number of hydrogen-bond donors (Lipinski definition) is 1. The van der Waals surface area contributed by atoms with E-state index < -0.39 is 0 Å². The van der Waals surface area contributed by atoms with Crippen LogP contribution in [0.3, 0.4) is 0 Å². The van der Waals surface area contributed by atoms with Crippen molar-refractivity contribution in [3.05, 3.63) is 0 Å². The van der Waals surface area contributed by atoms with Gasteiger partial charge in [0.2, 0.25) is 0 Å². The second-order valence-corrected chi connectivity index (χ2v) is 5.47. The normalized spacial score (nSPS) is 20.0. The third-order valence-corrected chi connectivity index (χ3v) is 3.49. The van der Waals surface area contributed by atoms with E-state index >= 15 is 0 Å². The maximum atomic E-state index is 5.06. The molecule has 0 radical (unpaired) electrons. The van der Waals surface area contributed by atoms with Crippen molar-refractivity contribution in [2.24, 2.45) is 11.3 Å². The fourth-order valence-electron chi connectivity index (χ4n) is 2.97. The highest BCUT2D eigenvalue weighted by Crippen LogP contribution is 2.42. The Bertz CT molecular complexity index is 162. The molecule has 0 heterocycles. The van der Waals surface area contributed by atoms with Gasteiger partial charge in [-0.15, -0.1) is 0 Å². The van der Waals surface area contributed by atoms with Crippen LogP contribution in [-0.4, -0.2) is 26.8 Å². The van der Waals surface area contributed by atoms with E-state index in [9.17, 15) is 0 Å². The van der Waals surface area contributed by atoms with Crippen molar-refractivity contribution >= 4 is 0 Å². The van der Waals surface area contributed by atoms with Gasteiger partial charge in [0, 0.05) is 20.2 Å². The van der Waals surface area contributed by atoms with Crippen LogP contribution in [0.5, 0.6) is 0 Å². The van der Waals surface area contributed by atoms with Gasteiger partial charge in [0.1, 0.15) is 0 Å². The minimum Gasteiger partial charge on any atom is -0.383 e. The molecule has 0 saturated heterocycles. The molecule has 1 aliphatic rings. The third kappa shape index (κ3) is 4.52. The molecule has 0 spiro atoms. The fraction of sp³-hybridized carbons (Fsp3) is 1.00. The predicted molar refractivity (Wildman–Crippen MR) is 65.1 cm³/mol. The van der Waals surface area contributed by atoms with Gasteiger partial charge in [-0.3, -0.25) is 0 Å². The highest BCUT2D eigenvalue weighted by atomic mass is 16.5. The van der Waals surface area contributed by atoms with Crippen molar-refractivity contribution in [1.29, 1.82) is 0 Å². The molecular weight excluding hydrogens is 186 g/mol. The molecule has 2 heteroatoms. The first-order valence-corrected chi connectivity index (χ1v) is 6.38. The Hall–Kier alpha value is -0.0800. The van der Waals surface area contributed by atoms with Gasteiger partial charge in [-0.05, 0) is 30.6 Å². The van der Waals surface area contributed by atoms with Crippen LogP contribution in [0.1, 0.15) is 46.0 Å². The van der Waals surface area contributed by atoms with Crippen LogP contribution in [0.2, 0.25) is 0 Å². The predicted octanol–water partition coefficient (Wildman–Crippen LogP) is 2.83. The summed E-state index contributed by atoms with van der Waals surface area (Å²) in [5.41, 5.74) is 0.599. The molecule has 0 aromatic rings. The monoisotopic (exact) mass is 213 g/mol. The summed E-state index contributed by atoms with van der Waals surface area (Å²) in [6.45, 7) is 7.70. The average Bonchev–Trinajstić information content (AvgIpc) is 2.61. The summed E-state index contributed by atoms with van der Waals surface area (Å²) in [7, 11) is 1.77. The van der Waals surface area contributed by atoms with E-state index in [2.05, 4.69) is 19.2 Å². The zero-order valence-electron chi connectivity index (χ0n) is 10.6. The van der Waals surface area contributed by atoms with Crippen molar-refractivity contribution in [3.63, 3.8) is 0 Å². The molecule has 1 saturated carbocycles. The van der Waals surface area contributed by atoms with Crippen LogP contribution in [-0.2, 0) is 4.74 Å². The summed E-state index contributed by atoms with van der Waals surface area (Å²) in [6.07, 6.45) is 7.08. The van der Waals surface area contributed by atoms with Crippen molar-refractivity contribution in [1.82, 2.24) is 5.32 Å². The van der Waals surface area contributed by atoms with Crippen LogP contribution >= 0.6 is 0 Å². The number of ether oxygens (including phenoxy) is 1. The molecule has 1 aliphatic carbocycles. The minimum absolute atomic E-state index is 0.599. The summed E-state index contributed by atoms with van der Waals surface area (Å²) in [4.78, 5) is 0. The number of methoxy groups -OCH3 is 1. The van der Waals surface area contributed by atoms with Crippen LogP contribution < -0.4 is 5.32 Å². The van der Waals surface area contributed by atoms with E-state index in [0.717, 1.165) is 19.1 Å². The standard InChI is InChI=1S/C13H27NO/c1-12(2)10-13(6-4-5-7-13)11-14-8-9-15-3/h12,14H,4-11H2,1-3H3. The van der Waals surface area contributed by atoms with E-state index in [4.69, 9.17) is 4.74 Å². The molecule has 0 atom stereocenters. The molecule has 0 aliphatic heterocycles. The Labute approximate surface area is 94.8 Å². The number of nitrogens with one attached hydrogen (secondary N) is 1. The summed E-state index contributed by atoms with van der Waals surface area (Å²) >= 11 is 0. The smallest absolute Gasteiger partial charge is 0.0587 e. The summed E-state index contributed by atoms with van der Waals surface area (Å²) < 4.78 is 5.06. The highest BCUT2D eigenvalue weighted by molar-refractivity contribution is 4.87. The lowest BCUT2D eigenvalue weighted by molar-refractivity contribution is 0.181. The molecule has 1 N–H and O–H groups in total. The first-order chi connectivity index (χ1) is 7.18. The Morgan fingerprint density at radius 3 is 2.47 bits per heavy atom. The lowest BCUT2D eigenvalue weighted by Crippen LogP contribution is -2.34. The topological polar surface area (TPSA) is 21.3 Å². The van der Waals surface area contributed by atoms with E-state index in [1.165, 1.54) is 38.6 Å². The van der Waals surface area contributed by atoms with Crippen molar-refractivity contribution < 1.29 is 4.74 Å². The van der Waals surface area contributed by atoms with Gasteiger partial charge in [-0.2, -0.15) is 0 Å². The zero-order chi connectivity index (χ0) is 11.1. The first-order valence-electron chi connectivity index (χ1n) is 6.38. The number of hydrogen-bond acceptors (Lipinski definition) is 2. The second-order valence-electron chi connectivity index (χ2n) is 5.47. The third-order valence-electron chi connectivity index (χ3n) is 3.49. The Morgan fingerprint density at radius 1 is 1.27 bits per heavy atom. The molecule has 90 valence electrons. The van der Waals surface area contributed by atoms with Gasteiger partial charge in [0.05, 0.1) is 6.61 Å². The van der Waals surface area contributed by atoms with E-state index in [-0.39, 0.29) is 0 Å². The van der Waals surface area contributed by atoms with Crippen LogP contribution in [0, 0.1) is 11.3 Å². The van der Waals surface area contributed by atoms with E-state index in [0.29, 0.717) is 5.41 Å². The van der Waals surface area contributed by atoms with Gasteiger partial charge >= 0.3 is 0 Å². The molecule has 2 nitrogen and oxygen atoms in total. The van der Waals surface area contributed by atoms with Crippen LogP contribution in [0.25, 0.3) is 0 Å². The Kier molecular flexibility index (Phi) is 5.62. The Balaban J connectivity index is 2.29. The zero-order valence-corrected chi connectivity index (χ0v) is 10.6. The van der Waals surface area contributed by atoms with Crippen molar-refractivity contribution in [2.45, 2.75) is 46.0 Å².